The fourth-order valence-electron chi connectivity index (χ4n) is 1.39. The van der Waals surface area contributed by atoms with E-state index >= 15 is 0 Å². The first-order valence-electron chi connectivity index (χ1n) is 5.89. The Morgan fingerprint density at radius 2 is 1.95 bits per heavy atom. The average Bonchev–Trinajstić information content (AvgIpc) is 2.43. The van der Waals surface area contributed by atoms with Crippen molar-refractivity contribution < 1.29 is 23.1 Å². The zero-order chi connectivity index (χ0) is 15.2. The average molecular weight is 302 g/mol. The van der Waals surface area contributed by atoms with Crippen LogP contribution in [0.4, 0.5) is 0 Å². The largest absolute Gasteiger partial charge is 0.478 e. The monoisotopic (exact) mass is 302 g/mol. The van der Waals surface area contributed by atoms with E-state index in [4.69, 9.17) is 9.84 Å². The molecule has 112 valence electrons. The maximum absolute atomic E-state index is 11.9. The van der Waals surface area contributed by atoms with Gasteiger partial charge in [0.05, 0.1) is 12.2 Å². The second kappa shape index (κ2) is 7.34. The standard InChI is InChI=1S/C12H18N2O5S/c1-14(7-8-19-2)20(17,18)13-9-10-3-5-11(6-4-10)12(15)16/h3-6,13H,7-9H2,1-2H3,(H,15,16). The Kier molecular flexibility index (Phi) is 6.08. The molecule has 2 N–H and O–H groups in total. The lowest BCUT2D eigenvalue weighted by Gasteiger charge is -2.17. The van der Waals surface area contributed by atoms with Gasteiger partial charge in [-0.05, 0) is 17.7 Å². The zero-order valence-electron chi connectivity index (χ0n) is 11.4. The molecule has 0 bridgehead atoms. The number of nitrogens with zero attached hydrogens (tertiary/aromatic N) is 1. The lowest BCUT2D eigenvalue weighted by Crippen LogP contribution is -2.39. The molecule has 0 atom stereocenters. The molecule has 8 heteroatoms. The maximum atomic E-state index is 11.9. The van der Waals surface area contributed by atoms with Crippen molar-refractivity contribution in [2.75, 3.05) is 27.3 Å². The van der Waals surface area contributed by atoms with Gasteiger partial charge in [-0.3, -0.25) is 0 Å². The number of ether oxygens (including phenoxy) is 1. The van der Waals surface area contributed by atoms with E-state index in [-0.39, 0.29) is 18.7 Å². The Balaban J connectivity index is 2.59. The van der Waals surface area contributed by atoms with Crippen molar-refractivity contribution in [2.24, 2.45) is 0 Å². The van der Waals surface area contributed by atoms with Crippen LogP contribution in [0.1, 0.15) is 15.9 Å². The Labute approximate surface area is 118 Å². The third kappa shape index (κ3) is 4.89. The summed E-state index contributed by atoms with van der Waals surface area (Å²) in [4.78, 5) is 10.7. The number of carbonyl (C=O) groups is 1. The highest BCUT2D eigenvalue weighted by Gasteiger charge is 2.16. The van der Waals surface area contributed by atoms with Crippen molar-refractivity contribution in [2.45, 2.75) is 6.54 Å². The third-order valence-corrected chi connectivity index (χ3v) is 4.19. The summed E-state index contributed by atoms with van der Waals surface area (Å²) in [5.41, 5.74) is 0.840. The molecule has 0 aromatic heterocycles. The Morgan fingerprint density at radius 1 is 1.35 bits per heavy atom. The number of benzene rings is 1. The van der Waals surface area contributed by atoms with Gasteiger partial charge in [0, 0.05) is 27.2 Å². The van der Waals surface area contributed by atoms with Gasteiger partial charge in [-0.15, -0.1) is 0 Å². The van der Waals surface area contributed by atoms with Crippen molar-refractivity contribution >= 4 is 16.2 Å². The summed E-state index contributed by atoms with van der Waals surface area (Å²) in [5.74, 6) is -1.02. The van der Waals surface area contributed by atoms with E-state index in [1.165, 1.54) is 26.3 Å². The summed E-state index contributed by atoms with van der Waals surface area (Å²) in [6.45, 7) is 0.661. The lowest BCUT2D eigenvalue weighted by atomic mass is 10.1. The summed E-state index contributed by atoms with van der Waals surface area (Å²) in [6.07, 6.45) is 0. The Morgan fingerprint density at radius 3 is 2.45 bits per heavy atom. The lowest BCUT2D eigenvalue weighted by molar-refractivity contribution is 0.0697. The molecular formula is C12H18N2O5S. The minimum atomic E-state index is -3.57. The van der Waals surface area contributed by atoms with Gasteiger partial charge in [0.25, 0.3) is 10.2 Å². The van der Waals surface area contributed by atoms with Crippen LogP contribution < -0.4 is 4.72 Å². The van der Waals surface area contributed by atoms with Crippen LogP contribution in [-0.2, 0) is 21.5 Å². The van der Waals surface area contributed by atoms with E-state index in [2.05, 4.69) is 4.72 Å². The molecule has 1 aromatic carbocycles. The molecule has 1 rings (SSSR count). The molecule has 0 saturated carbocycles. The predicted molar refractivity (Wildman–Crippen MR) is 73.7 cm³/mol. The van der Waals surface area contributed by atoms with E-state index in [0.717, 1.165) is 4.31 Å². The smallest absolute Gasteiger partial charge is 0.335 e. The SMILES string of the molecule is COCCN(C)S(=O)(=O)NCc1ccc(C(=O)O)cc1. The maximum Gasteiger partial charge on any atom is 0.335 e. The molecule has 0 aliphatic heterocycles. The number of carboxylic acids is 1. The molecule has 0 saturated heterocycles. The minimum absolute atomic E-state index is 0.0968. The third-order valence-electron chi connectivity index (χ3n) is 2.68. The van der Waals surface area contributed by atoms with E-state index in [1.807, 2.05) is 0 Å². The van der Waals surface area contributed by atoms with Crippen molar-refractivity contribution in [1.29, 1.82) is 0 Å². The molecule has 0 radical (unpaired) electrons. The highest BCUT2D eigenvalue weighted by Crippen LogP contribution is 2.05. The van der Waals surface area contributed by atoms with E-state index < -0.39 is 16.2 Å². The molecule has 0 aliphatic rings. The molecule has 0 spiro atoms. The number of hydrogen-bond donors (Lipinski definition) is 2. The predicted octanol–water partition coefficient (Wildman–Crippen LogP) is 0.297. The summed E-state index contributed by atoms with van der Waals surface area (Å²) in [6, 6.07) is 6.00. The normalized spacial score (nSPS) is 11.8. The molecule has 0 heterocycles. The van der Waals surface area contributed by atoms with Crippen LogP contribution in [0.3, 0.4) is 0 Å². The molecular weight excluding hydrogens is 284 g/mol. The fraction of sp³-hybridized carbons (Fsp3) is 0.417. The first kappa shape index (κ1) is 16.6. The van der Waals surface area contributed by atoms with Crippen LogP contribution in [0.5, 0.6) is 0 Å². The zero-order valence-corrected chi connectivity index (χ0v) is 12.2. The summed E-state index contributed by atoms with van der Waals surface area (Å²) >= 11 is 0. The molecule has 0 unspecified atom stereocenters. The van der Waals surface area contributed by atoms with Crippen LogP contribution in [0, 0.1) is 0 Å². The van der Waals surface area contributed by atoms with Gasteiger partial charge in [-0.25, -0.2) is 4.79 Å². The number of aromatic carboxylic acids is 1. The molecule has 0 amide bonds. The molecule has 1 aromatic rings. The van der Waals surface area contributed by atoms with E-state index in [0.29, 0.717) is 12.2 Å². The number of hydrogen-bond acceptors (Lipinski definition) is 4. The molecule has 7 nitrogen and oxygen atoms in total. The molecule has 0 fully saturated rings. The van der Waals surface area contributed by atoms with Crippen LogP contribution in [0.2, 0.25) is 0 Å². The van der Waals surface area contributed by atoms with Crippen molar-refractivity contribution in [1.82, 2.24) is 9.03 Å². The van der Waals surface area contributed by atoms with E-state index in [1.54, 1.807) is 12.1 Å². The second-order valence-corrected chi connectivity index (χ2v) is 6.00. The van der Waals surface area contributed by atoms with Crippen LogP contribution >= 0.6 is 0 Å². The van der Waals surface area contributed by atoms with Crippen LogP contribution in [-0.4, -0.2) is 51.1 Å². The number of nitrogens with one attached hydrogen (secondary N) is 1. The highest BCUT2D eigenvalue weighted by molar-refractivity contribution is 7.87. The number of rotatable bonds is 8. The van der Waals surface area contributed by atoms with Crippen molar-refractivity contribution in [3.8, 4) is 0 Å². The first-order valence-corrected chi connectivity index (χ1v) is 7.33. The van der Waals surface area contributed by atoms with Gasteiger partial charge in [-0.2, -0.15) is 17.4 Å². The highest BCUT2D eigenvalue weighted by atomic mass is 32.2. The van der Waals surface area contributed by atoms with Crippen LogP contribution in [0.25, 0.3) is 0 Å². The van der Waals surface area contributed by atoms with Gasteiger partial charge >= 0.3 is 5.97 Å². The summed E-state index contributed by atoms with van der Waals surface area (Å²) < 4.78 is 32.1. The Bertz CT molecular complexity index is 541. The van der Waals surface area contributed by atoms with Gasteiger partial charge in [0.2, 0.25) is 0 Å². The quantitative estimate of drug-likeness (QED) is 0.720. The Hall–Kier alpha value is -1.48. The summed E-state index contributed by atoms with van der Waals surface area (Å²) in [5, 5.41) is 8.76. The second-order valence-electron chi connectivity index (χ2n) is 4.14. The molecule has 20 heavy (non-hydrogen) atoms. The van der Waals surface area contributed by atoms with Gasteiger partial charge in [-0.1, -0.05) is 12.1 Å². The fourth-order valence-corrected chi connectivity index (χ4v) is 2.27. The van der Waals surface area contributed by atoms with Crippen LogP contribution in [0.15, 0.2) is 24.3 Å². The minimum Gasteiger partial charge on any atom is -0.478 e. The van der Waals surface area contributed by atoms with Gasteiger partial charge < -0.3 is 9.84 Å². The molecule has 0 aliphatic carbocycles. The number of carboxylic acid groups (broad SMARTS) is 1. The topological polar surface area (TPSA) is 95.9 Å². The van der Waals surface area contributed by atoms with E-state index in [9.17, 15) is 13.2 Å². The van der Waals surface area contributed by atoms with Crippen molar-refractivity contribution in [3.63, 3.8) is 0 Å². The van der Waals surface area contributed by atoms with Gasteiger partial charge in [0.15, 0.2) is 0 Å². The number of likely N-dealkylation sites (N-methyl/N-ethyl adjacent to an activating group) is 1. The summed E-state index contributed by atoms with van der Waals surface area (Å²) in [7, 11) is -0.619. The number of methoxy groups -OCH3 is 1. The van der Waals surface area contributed by atoms with Gasteiger partial charge in [0.1, 0.15) is 0 Å². The van der Waals surface area contributed by atoms with Crippen molar-refractivity contribution in [3.05, 3.63) is 35.4 Å². The first-order chi connectivity index (χ1) is 9.36.